The van der Waals surface area contributed by atoms with Crippen molar-refractivity contribution in [3.05, 3.63) is 23.8 Å². The Morgan fingerprint density at radius 3 is 2.36 bits per heavy atom. The summed E-state index contributed by atoms with van der Waals surface area (Å²) in [4.78, 5) is 0. The Morgan fingerprint density at radius 2 is 1.79 bits per heavy atom. The van der Waals surface area contributed by atoms with E-state index in [-0.39, 0.29) is 10.8 Å². The topological polar surface area (TPSA) is 60.7 Å². The van der Waals surface area contributed by atoms with E-state index in [2.05, 4.69) is 57.8 Å². The van der Waals surface area contributed by atoms with E-state index < -0.39 is 17.8 Å². The number of hydrogen-bond donors (Lipinski definition) is 3. The smallest absolute Gasteiger partial charge is 0.119 e. The molecule has 2 rings (SSSR count). The maximum absolute atomic E-state index is 9.84. The van der Waals surface area contributed by atoms with Gasteiger partial charge in [-0.25, -0.2) is 0 Å². The molecule has 158 valence electrons. The van der Waals surface area contributed by atoms with Crippen molar-refractivity contribution in [1.29, 1.82) is 0 Å². The van der Waals surface area contributed by atoms with Gasteiger partial charge < -0.3 is 15.3 Å². The Morgan fingerprint density at radius 1 is 1.18 bits per heavy atom. The van der Waals surface area contributed by atoms with Gasteiger partial charge in [0.2, 0.25) is 0 Å². The number of hydrogen-bond acceptors (Lipinski definition) is 3. The van der Waals surface area contributed by atoms with Crippen LogP contribution in [0, 0.1) is 34.5 Å². The van der Waals surface area contributed by atoms with Gasteiger partial charge in [-0.2, -0.15) is 0 Å². The fraction of sp³-hybridized carbons (Fsp3) is 0.760. The fourth-order valence-electron chi connectivity index (χ4n) is 5.06. The van der Waals surface area contributed by atoms with Gasteiger partial charge >= 0.3 is 0 Å². The molecule has 0 bridgehead atoms. The van der Waals surface area contributed by atoms with Gasteiger partial charge in [0.25, 0.3) is 0 Å². The highest BCUT2D eigenvalue weighted by molar-refractivity contribution is 5.19. The predicted molar refractivity (Wildman–Crippen MR) is 116 cm³/mol. The maximum atomic E-state index is 9.84. The number of aliphatic hydroxyl groups is 3. The van der Waals surface area contributed by atoms with Crippen molar-refractivity contribution in [3.63, 3.8) is 0 Å². The molecule has 2 saturated carbocycles. The SMILES string of the molecule is C[C@H](CC#CC(C)(C)O)[C@@]1(C)CC[C@@H](/C=C/C=C2C[C@@H](O)C[C@H](O)C2)C1(C)C. The summed E-state index contributed by atoms with van der Waals surface area (Å²) in [5.74, 6) is 7.11. The molecule has 3 nitrogen and oxygen atoms in total. The predicted octanol–water partition coefficient (Wildman–Crippen LogP) is 4.62. The quantitative estimate of drug-likeness (QED) is 0.616. The van der Waals surface area contributed by atoms with Crippen molar-refractivity contribution in [1.82, 2.24) is 0 Å². The largest absolute Gasteiger partial charge is 0.393 e. The lowest BCUT2D eigenvalue weighted by Crippen LogP contribution is -2.38. The van der Waals surface area contributed by atoms with Gasteiger partial charge in [0, 0.05) is 6.42 Å². The Hall–Kier alpha value is -1.08. The molecular formula is C25H40O3. The number of allylic oxidation sites excluding steroid dienone is 3. The van der Waals surface area contributed by atoms with Crippen molar-refractivity contribution in [2.45, 2.75) is 97.9 Å². The van der Waals surface area contributed by atoms with E-state index in [1.165, 1.54) is 6.42 Å². The Bertz CT molecular complexity index is 644. The molecule has 3 N–H and O–H groups in total. The molecule has 0 unspecified atom stereocenters. The average molecular weight is 389 g/mol. The summed E-state index contributed by atoms with van der Waals surface area (Å²) in [5, 5.41) is 29.5. The normalized spacial score (nSPS) is 34.2. The van der Waals surface area contributed by atoms with Crippen molar-refractivity contribution < 1.29 is 15.3 Å². The molecule has 0 saturated heterocycles. The summed E-state index contributed by atoms with van der Waals surface area (Å²) in [7, 11) is 0. The molecule has 2 fully saturated rings. The molecule has 0 aliphatic heterocycles. The highest BCUT2D eigenvalue weighted by Crippen LogP contribution is 2.60. The summed E-state index contributed by atoms with van der Waals surface area (Å²) < 4.78 is 0. The minimum Gasteiger partial charge on any atom is -0.393 e. The number of rotatable bonds is 4. The second-order valence-electron chi connectivity index (χ2n) is 10.4. The summed E-state index contributed by atoms with van der Waals surface area (Å²) in [6, 6.07) is 0. The van der Waals surface area contributed by atoms with Crippen molar-refractivity contribution in [2.24, 2.45) is 22.7 Å². The van der Waals surface area contributed by atoms with Crippen LogP contribution in [0.1, 0.15) is 80.1 Å². The van der Waals surface area contributed by atoms with Crippen LogP contribution in [0.25, 0.3) is 0 Å². The van der Waals surface area contributed by atoms with E-state index in [1.807, 2.05) is 0 Å². The van der Waals surface area contributed by atoms with Crippen LogP contribution >= 0.6 is 0 Å². The highest BCUT2D eigenvalue weighted by atomic mass is 16.3. The van der Waals surface area contributed by atoms with Crippen LogP contribution in [0.5, 0.6) is 0 Å². The second kappa shape index (κ2) is 8.74. The molecule has 0 aromatic carbocycles. The molecule has 0 spiro atoms. The summed E-state index contributed by atoms with van der Waals surface area (Å²) in [5.41, 5.74) is 0.561. The van der Waals surface area contributed by atoms with Crippen LogP contribution < -0.4 is 0 Å². The molecule has 0 aromatic heterocycles. The van der Waals surface area contributed by atoms with Crippen molar-refractivity contribution in [3.8, 4) is 11.8 Å². The molecule has 0 heterocycles. The highest BCUT2D eigenvalue weighted by Gasteiger charge is 2.52. The first-order valence-corrected chi connectivity index (χ1v) is 10.8. The summed E-state index contributed by atoms with van der Waals surface area (Å²) in [6.07, 6.45) is 10.7. The van der Waals surface area contributed by atoms with Crippen LogP contribution in [-0.4, -0.2) is 33.1 Å². The lowest BCUT2D eigenvalue weighted by molar-refractivity contribution is 0.0477. The molecule has 2 aliphatic carbocycles. The maximum Gasteiger partial charge on any atom is 0.119 e. The first-order chi connectivity index (χ1) is 12.8. The lowest BCUT2D eigenvalue weighted by Gasteiger charge is -2.45. The van der Waals surface area contributed by atoms with Gasteiger partial charge in [-0.3, -0.25) is 0 Å². The fourth-order valence-corrected chi connectivity index (χ4v) is 5.06. The van der Waals surface area contributed by atoms with Gasteiger partial charge in [0.15, 0.2) is 0 Å². The Labute approximate surface area is 171 Å². The van der Waals surface area contributed by atoms with Gasteiger partial charge in [0.05, 0.1) is 12.2 Å². The molecular weight excluding hydrogens is 348 g/mol. The van der Waals surface area contributed by atoms with Gasteiger partial charge in [-0.15, -0.1) is 0 Å². The molecule has 0 aromatic rings. The lowest BCUT2D eigenvalue weighted by atomic mass is 9.59. The number of aliphatic hydroxyl groups excluding tert-OH is 2. The van der Waals surface area contributed by atoms with Crippen LogP contribution in [0.2, 0.25) is 0 Å². The van der Waals surface area contributed by atoms with Gasteiger partial charge in [0.1, 0.15) is 5.60 Å². The monoisotopic (exact) mass is 388 g/mol. The zero-order valence-electron chi connectivity index (χ0n) is 18.6. The molecule has 28 heavy (non-hydrogen) atoms. The third kappa shape index (κ3) is 5.50. The summed E-state index contributed by atoms with van der Waals surface area (Å²) in [6.45, 7) is 12.9. The van der Waals surface area contributed by atoms with Crippen molar-refractivity contribution in [2.75, 3.05) is 0 Å². The third-order valence-electron chi connectivity index (χ3n) is 7.48. The van der Waals surface area contributed by atoms with E-state index in [0.717, 1.165) is 18.4 Å². The Balaban J connectivity index is 2.05. The standard InChI is InChI=1S/C25H40O3/c1-18(9-8-13-23(2,3)28)25(6)14-12-20(24(25,4)5)11-7-10-19-15-21(26)17-22(27)16-19/h7,10-11,18,20-22,26-28H,9,12,14-17H2,1-6H3/b11-7+/t18-,20-,21-,22-,25-/m1/s1. The third-order valence-corrected chi connectivity index (χ3v) is 7.48. The molecule has 2 aliphatic rings. The summed E-state index contributed by atoms with van der Waals surface area (Å²) >= 11 is 0. The van der Waals surface area contributed by atoms with E-state index in [9.17, 15) is 15.3 Å². The minimum absolute atomic E-state index is 0.156. The van der Waals surface area contributed by atoms with Crippen LogP contribution in [-0.2, 0) is 0 Å². The van der Waals surface area contributed by atoms with Crippen molar-refractivity contribution >= 4 is 0 Å². The Kier molecular flexibility index (Phi) is 7.24. The van der Waals surface area contributed by atoms with Crippen LogP contribution in [0.3, 0.4) is 0 Å². The van der Waals surface area contributed by atoms with E-state index in [0.29, 0.717) is 31.1 Å². The van der Waals surface area contributed by atoms with E-state index in [4.69, 9.17) is 0 Å². The molecule has 0 radical (unpaired) electrons. The van der Waals surface area contributed by atoms with Crippen LogP contribution in [0.15, 0.2) is 23.8 Å². The van der Waals surface area contributed by atoms with E-state index >= 15 is 0 Å². The first-order valence-electron chi connectivity index (χ1n) is 10.8. The molecule has 0 amide bonds. The van der Waals surface area contributed by atoms with Gasteiger partial charge in [-0.1, -0.05) is 63.3 Å². The first kappa shape index (κ1) is 23.2. The zero-order valence-corrected chi connectivity index (χ0v) is 18.6. The zero-order chi connectivity index (χ0) is 21.2. The van der Waals surface area contributed by atoms with E-state index in [1.54, 1.807) is 13.8 Å². The minimum atomic E-state index is -0.926. The van der Waals surface area contributed by atoms with Crippen LogP contribution in [0.4, 0.5) is 0 Å². The molecule has 5 atom stereocenters. The average Bonchev–Trinajstić information content (AvgIpc) is 2.77. The van der Waals surface area contributed by atoms with Gasteiger partial charge in [-0.05, 0) is 68.6 Å². The second-order valence-corrected chi connectivity index (χ2v) is 10.4. The molecule has 3 heteroatoms.